The molecule has 0 spiro atoms. The average molecular weight is 234 g/mol. The molecule has 0 aliphatic heterocycles. The standard InChI is InChI=1S/C11H10N2O4/c1-7-12-5-11(17-7)10-3-2-9(13(15)16)4-8(10)6-14/h2-5,14H,6H2,1H3. The SMILES string of the molecule is Cc1ncc(-c2ccc([N+](=O)[O-])cc2CO)o1. The normalized spacial score (nSPS) is 10.5. The Morgan fingerprint density at radius 2 is 2.29 bits per heavy atom. The zero-order valence-corrected chi connectivity index (χ0v) is 9.08. The Bertz CT molecular complexity index is 562. The van der Waals surface area contributed by atoms with Crippen LogP contribution in [0.2, 0.25) is 0 Å². The summed E-state index contributed by atoms with van der Waals surface area (Å²) in [6.45, 7) is 1.41. The highest BCUT2D eigenvalue weighted by Crippen LogP contribution is 2.27. The molecule has 0 bridgehead atoms. The zero-order valence-electron chi connectivity index (χ0n) is 9.08. The van der Waals surface area contributed by atoms with Crippen molar-refractivity contribution in [1.82, 2.24) is 4.98 Å². The van der Waals surface area contributed by atoms with Crippen LogP contribution in [0.3, 0.4) is 0 Å². The highest BCUT2D eigenvalue weighted by molar-refractivity contribution is 5.63. The third kappa shape index (κ3) is 2.16. The van der Waals surface area contributed by atoms with Gasteiger partial charge in [0.05, 0.1) is 17.7 Å². The lowest BCUT2D eigenvalue weighted by atomic mass is 10.1. The number of non-ortho nitro benzene ring substituents is 1. The lowest BCUT2D eigenvalue weighted by Gasteiger charge is -2.03. The van der Waals surface area contributed by atoms with Gasteiger partial charge in [0.2, 0.25) is 0 Å². The zero-order chi connectivity index (χ0) is 12.4. The number of hydrogen-bond acceptors (Lipinski definition) is 5. The summed E-state index contributed by atoms with van der Waals surface area (Å²) < 4.78 is 5.32. The van der Waals surface area contributed by atoms with Crippen LogP contribution >= 0.6 is 0 Å². The Hall–Kier alpha value is -2.21. The minimum Gasteiger partial charge on any atom is -0.441 e. The Morgan fingerprint density at radius 1 is 1.53 bits per heavy atom. The van der Waals surface area contributed by atoms with Crippen LogP contribution in [0.15, 0.2) is 28.8 Å². The molecule has 88 valence electrons. The Morgan fingerprint density at radius 3 is 2.82 bits per heavy atom. The molecule has 1 aromatic carbocycles. The fraction of sp³-hybridized carbons (Fsp3) is 0.182. The summed E-state index contributed by atoms with van der Waals surface area (Å²) in [6, 6.07) is 4.24. The molecule has 0 radical (unpaired) electrons. The smallest absolute Gasteiger partial charge is 0.269 e. The first kappa shape index (κ1) is 11.3. The number of hydrogen-bond donors (Lipinski definition) is 1. The van der Waals surface area contributed by atoms with E-state index in [4.69, 9.17) is 4.42 Å². The van der Waals surface area contributed by atoms with E-state index >= 15 is 0 Å². The second-order valence-electron chi connectivity index (χ2n) is 3.50. The molecule has 6 nitrogen and oxygen atoms in total. The summed E-state index contributed by atoms with van der Waals surface area (Å²) in [7, 11) is 0. The van der Waals surface area contributed by atoms with E-state index in [0.29, 0.717) is 22.8 Å². The predicted molar refractivity (Wildman–Crippen MR) is 59.3 cm³/mol. The number of oxazole rings is 1. The molecular formula is C11H10N2O4. The maximum atomic E-state index is 10.6. The maximum Gasteiger partial charge on any atom is 0.269 e. The number of nitro benzene ring substituents is 1. The fourth-order valence-corrected chi connectivity index (χ4v) is 1.55. The number of aliphatic hydroxyl groups excluding tert-OH is 1. The number of aliphatic hydroxyl groups is 1. The van der Waals surface area contributed by atoms with Crippen LogP contribution in [-0.2, 0) is 6.61 Å². The largest absolute Gasteiger partial charge is 0.441 e. The summed E-state index contributed by atoms with van der Waals surface area (Å²) >= 11 is 0. The first-order valence-electron chi connectivity index (χ1n) is 4.93. The summed E-state index contributed by atoms with van der Waals surface area (Å²) in [5, 5.41) is 19.8. The highest BCUT2D eigenvalue weighted by Gasteiger charge is 2.13. The molecule has 2 rings (SSSR count). The number of rotatable bonds is 3. The van der Waals surface area contributed by atoms with Gasteiger partial charge in [0, 0.05) is 24.6 Å². The van der Waals surface area contributed by atoms with E-state index in [1.54, 1.807) is 13.0 Å². The Labute approximate surface area is 96.7 Å². The van der Waals surface area contributed by atoms with Crippen molar-refractivity contribution in [2.45, 2.75) is 13.5 Å². The van der Waals surface area contributed by atoms with Crippen LogP contribution in [-0.4, -0.2) is 15.0 Å². The molecule has 17 heavy (non-hydrogen) atoms. The lowest BCUT2D eigenvalue weighted by Crippen LogP contribution is -1.93. The lowest BCUT2D eigenvalue weighted by molar-refractivity contribution is -0.384. The molecule has 0 unspecified atom stereocenters. The van der Waals surface area contributed by atoms with Gasteiger partial charge in [-0.15, -0.1) is 0 Å². The first-order chi connectivity index (χ1) is 8.11. The number of nitrogens with zero attached hydrogens (tertiary/aromatic N) is 2. The summed E-state index contributed by atoms with van der Waals surface area (Å²) in [5.41, 5.74) is 0.989. The molecule has 1 heterocycles. The third-order valence-corrected chi connectivity index (χ3v) is 2.36. The molecule has 0 amide bonds. The summed E-state index contributed by atoms with van der Waals surface area (Å²) in [4.78, 5) is 14.0. The molecule has 1 aromatic heterocycles. The van der Waals surface area contributed by atoms with Crippen molar-refractivity contribution in [2.75, 3.05) is 0 Å². The van der Waals surface area contributed by atoms with E-state index in [-0.39, 0.29) is 12.3 Å². The number of aromatic nitrogens is 1. The summed E-state index contributed by atoms with van der Waals surface area (Å²) in [5.74, 6) is 0.990. The number of nitro groups is 1. The molecule has 6 heteroatoms. The van der Waals surface area contributed by atoms with Crippen molar-refractivity contribution in [1.29, 1.82) is 0 Å². The van der Waals surface area contributed by atoms with Gasteiger partial charge in [0.25, 0.3) is 5.69 Å². The van der Waals surface area contributed by atoms with Crippen molar-refractivity contribution >= 4 is 5.69 Å². The first-order valence-corrected chi connectivity index (χ1v) is 4.93. The van der Waals surface area contributed by atoms with Crippen LogP contribution < -0.4 is 0 Å². The van der Waals surface area contributed by atoms with Crippen LogP contribution in [0.1, 0.15) is 11.5 Å². The van der Waals surface area contributed by atoms with Crippen molar-refractivity contribution in [3.63, 3.8) is 0 Å². The van der Waals surface area contributed by atoms with Crippen LogP contribution in [0, 0.1) is 17.0 Å². The van der Waals surface area contributed by atoms with E-state index in [2.05, 4.69) is 4.98 Å². The third-order valence-electron chi connectivity index (χ3n) is 2.36. The molecule has 0 saturated carbocycles. The van der Waals surface area contributed by atoms with Gasteiger partial charge in [0.1, 0.15) is 0 Å². The van der Waals surface area contributed by atoms with Crippen molar-refractivity contribution in [3.05, 3.63) is 46.0 Å². The van der Waals surface area contributed by atoms with Crippen molar-refractivity contribution in [2.24, 2.45) is 0 Å². The van der Waals surface area contributed by atoms with Gasteiger partial charge in [0.15, 0.2) is 11.7 Å². The molecule has 0 fully saturated rings. The quantitative estimate of drug-likeness (QED) is 0.648. The fourth-order valence-electron chi connectivity index (χ4n) is 1.55. The van der Waals surface area contributed by atoms with Gasteiger partial charge in [-0.25, -0.2) is 4.98 Å². The van der Waals surface area contributed by atoms with Crippen molar-refractivity contribution < 1.29 is 14.4 Å². The van der Waals surface area contributed by atoms with Gasteiger partial charge in [-0.3, -0.25) is 10.1 Å². The minimum absolute atomic E-state index is 0.0611. The molecular weight excluding hydrogens is 224 g/mol. The second kappa shape index (κ2) is 4.34. The highest BCUT2D eigenvalue weighted by atomic mass is 16.6. The van der Waals surface area contributed by atoms with Gasteiger partial charge in [-0.2, -0.15) is 0 Å². The molecule has 0 atom stereocenters. The molecule has 1 N–H and O–H groups in total. The van der Waals surface area contributed by atoms with Gasteiger partial charge < -0.3 is 9.52 Å². The van der Waals surface area contributed by atoms with E-state index in [9.17, 15) is 15.2 Å². The molecule has 2 aromatic rings. The van der Waals surface area contributed by atoms with E-state index < -0.39 is 4.92 Å². The number of benzene rings is 1. The van der Waals surface area contributed by atoms with E-state index in [0.717, 1.165) is 0 Å². The predicted octanol–water partition coefficient (Wildman–Crippen LogP) is 2.05. The number of aryl methyl sites for hydroxylation is 1. The summed E-state index contributed by atoms with van der Waals surface area (Å²) in [6.07, 6.45) is 1.52. The van der Waals surface area contributed by atoms with E-state index in [1.807, 2.05) is 0 Å². The Balaban J connectivity index is 2.51. The molecule has 0 saturated heterocycles. The van der Waals surface area contributed by atoms with Gasteiger partial charge in [-0.05, 0) is 11.6 Å². The monoisotopic (exact) mass is 234 g/mol. The van der Waals surface area contributed by atoms with Gasteiger partial charge >= 0.3 is 0 Å². The maximum absolute atomic E-state index is 10.6. The second-order valence-corrected chi connectivity index (χ2v) is 3.50. The minimum atomic E-state index is -0.505. The van der Waals surface area contributed by atoms with Gasteiger partial charge in [-0.1, -0.05) is 0 Å². The van der Waals surface area contributed by atoms with Crippen LogP contribution in [0.5, 0.6) is 0 Å². The molecule has 0 aliphatic carbocycles. The van der Waals surface area contributed by atoms with E-state index in [1.165, 1.54) is 18.3 Å². The topological polar surface area (TPSA) is 89.4 Å². The van der Waals surface area contributed by atoms with Crippen LogP contribution in [0.25, 0.3) is 11.3 Å². The van der Waals surface area contributed by atoms with Crippen LogP contribution in [0.4, 0.5) is 5.69 Å². The molecule has 0 aliphatic rings. The average Bonchev–Trinajstić information content (AvgIpc) is 2.74. The Kier molecular flexibility index (Phi) is 2.88. The van der Waals surface area contributed by atoms with Crippen molar-refractivity contribution in [3.8, 4) is 11.3 Å².